The van der Waals surface area contributed by atoms with Crippen molar-refractivity contribution >= 4 is 17.4 Å². The molecule has 0 bridgehead atoms. The van der Waals surface area contributed by atoms with Crippen molar-refractivity contribution < 1.29 is 14.3 Å². The van der Waals surface area contributed by atoms with E-state index in [1.54, 1.807) is 20.3 Å². The minimum absolute atomic E-state index is 0.282. The van der Waals surface area contributed by atoms with Crippen molar-refractivity contribution in [2.45, 2.75) is 20.4 Å². The number of hydrogen-bond donors (Lipinski definition) is 2. The summed E-state index contributed by atoms with van der Waals surface area (Å²) >= 11 is 0. The topological polar surface area (TPSA) is 85.4 Å². The van der Waals surface area contributed by atoms with Crippen LogP contribution >= 0.6 is 0 Å². The number of aromatic nitrogens is 2. The monoisotopic (exact) mass is 392 g/mol. The van der Waals surface area contributed by atoms with E-state index in [0.717, 1.165) is 22.4 Å². The van der Waals surface area contributed by atoms with E-state index in [-0.39, 0.29) is 11.6 Å². The highest BCUT2D eigenvalue weighted by atomic mass is 16.5. The third-order valence-electron chi connectivity index (χ3n) is 4.67. The first-order valence-electron chi connectivity index (χ1n) is 9.16. The van der Waals surface area contributed by atoms with Crippen LogP contribution in [0.4, 0.5) is 11.5 Å². The first kappa shape index (κ1) is 20.1. The molecule has 3 aromatic rings. The highest BCUT2D eigenvalue weighted by molar-refractivity contribution is 6.03. The largest absolute Gasteiger partial charge is 0.493 e. The zero-order chi connectivity index (χ0) is 20.8. The summed E-state index contributed by atoms with van der Waals surface area (Å²) in [7, 11) is 3.20. The molecule has 0 aliphatic carbocycles. The summed E-state index contributed by atoms with van der Waals surface area (Å²) in [5, 5.41) is 6.11. The number of amides is 1. The minimum Gasteiger partial charge on any atom is -0.493 e. The van der Waals surface area contributed by atoms with Crippen molar-refractivity contribution in [2.75, 3.05) is 24.9 Å². The van der Waals surface area contributed by atoms with Crippen molar-refractivity contribution in [3.05, 3.63) is 71.2 Å². The number of nitrogens with one attached hydrogen (secondary N) is 2. The van der Waals surface area contributed by atoms with Crippen LogP contribution in [0.15, 0.2) is 48.8 Å². The van der Waals surface area contributed by atoms with Gasteiger partial charge in [0.05, 0.1) is 14.2 Å². The lowest BCUT2D eigenvalue weighted by Gasteiger charge is -2.12. The molecule has 1 aromatic heterocycles. The second-order valence-electron chi connectivity index (χ2n) is 6.53. The summed E-state index contributed by atoms with van der Waals surface area (Å²) in [6.07, 6.45) is 1.37. The summed E-state index contributed by atoms with van der Waals surface area (Å²) in [5.41, 5.74) is 4.19. The zero-order valence-corrected chi connectivity index (χ0v) is 16.9. The average molecular weight is 392 g/mol. The standard InChI is InChI=1S/C22H24N4O3/c1-14-6-5-7-17(15(14)2)26-22(27)18-11-21(25-13-24-18)23-12-16-8-9-19(28-3)20(10-16)29-4/h5-11,13H,12H2,1-4H3,(H,26,27)(H,23,24,25). The van der Waals surface area contributed by atoms with Gasteiger partial charge in [0.1, 0.15) is 17.8 Å². The van der Waals surface area contributed by atoms with Gasteiger partial charge in [-0.25, -0.2) is 9.97 Å². The molecule has 0 fully saturated rings. The number of carbonyl (C=O) groups is 1. The molecule has 0 radical (unpaired) electrons. The Bertz CT molecular complexity index is 1020. The van der Waals surface area contributed by atoms with E-state index in [9.17, 15) is 4.79 Å². The molecule has 0 atom stereocenters. The fraction of sp³-hybridized carbons (Fsp3) is 0.227. The van der Waals surface area contributed by atoms with Gasteiger partial charge in [-0.1, -0.05) is 18.2 Å². The predicted molar refractivity (Wildman–Crippen MR) is 113 cm³/mol. The summed E-state index contributed by atoms with van der Waals surface area (Å²) < 4.78 is 10.6. The van der Waals surface area contributed by atoms with Crippen LogP contribution in [-0.4, -0.2) is 30.1 Å². The van der Waals surface area contributed by atoms with Crippen molar-refractivity contribution in [3.8, 4) is 11.5 Å². The summed E-state index contributed by atoms with van der Waals surface area (Å²) in [6.45, 7) is 4.49. The Labute approximate surface area is 170 Å². The van der Waals surface area contributed by atoms with Crippen LogP contribution in [0.3, 0.4) is 0 Å². The molecule has 3 rings (SSSR count). The summed E-state index contributed by atoms with van der Waals surface area (Å²) in [5.74, 6) is 1.60. The quantitative estimate of drug-likeness (QED) is 0.633. The lowest BCUT2D eigenvalue weighted by atomic mass is 10.1. The molecular weight excluding hydrogens is 368 g/mol. The first-order chi connectivity index (χ1) is 14.0. The van der Waals surface area contributed by atoms with Gasteiger partial charge in [0, 0.05) is 18.3 Å². The maximum absolute atomic E-state index is 12.6. The second-order valence-corrected chi connectivity index (χ2v) is 6.53. The lowest BCUT2D eigenvalue weighted by Crippen LogP contribution is -2.15. The van der Waals surface area contributed by atoms with Gasteiger partial charge >= 0.3 is 0 Å². The minimum atomic E-state index is -0.282. The number of nitrogens with zero attached hydrogens (tertiary/aromatic N) is 2. The molecule has 150 valence electrons. The fourth-order valence-corrected chi connectivity index (χ4v) is 2.83. The van der Waals surface area contributed by atoms with Crippen LogP contribution in [0.2, 0.25) is 0 Å². The molecule has 7 nitrogen and oxygen atoms in total. The van der Waals surface area contributed by atoms with Crippen molar-refractivity contribution in [1.82, 2.24) is 9.97 Å². The third kappa shape index (κ3) is 4.82. The number of ether oxygens (including phenoxy) is 2. The van der Waals surface area contributed by atoms with E-state index in [2.05, 4.69) is 20.6 Å². The Hall–Kier alpha value is -3.61. The molecule has 29 heavy (non-hydrogen) atoms. The highest BCUT2D eigenvalue weighted by Gasteiger charge is 2.11. The normalized spacial score (nSPS) is 10.3. The molecule has 0 saturated heterocycles. The molecule has 7 heteroatoms. The van der Waals surface area contributed by atoms with E-state index in [0.29, 0.717) is 23.9 Å². The number of carbonyl (C=O) groups excluding carboxylic acids is 1. The van der Waals surface area contributed by atoms with E-state index >= 15 is 0 Å². The Kier molecular flexibility index (Phi) is 6.29. The van der Waals surface area contributed by atoms with Crippen molar-refractivity contribution in [3.63, 3.8) is 0 Å². The smallest absolute Gasteiger partial charge is 0.274 e. The van der Waals surface area contributed by atoms with Crippen LogP contribution in [0.25, 0.3) is 0 Å². The third-order valence-corrected chi connectivity index (χ3v) is 4.67. The van der Waals surface area contributed by atoms with Gasteiger partial charge in [-0.3, -0.25) is 4.79 Å². The first-order valence-corrected chi connectivity index (χ1v) is 9.16. The number of methoxy groups -OCH3 is 2. The van der Waals surface area contributed by atoms with Crippen LogP contribution < -0.4 is 20.1 Å². The van der Waals surface area contributed by atoms with Gasteiger partial charge in [-0.15, -0.1) is 0 Å². The molecule has 1 amide bonds. The molecule has 2 aromatic carbocycles. The van der Waals surface area contributed by atoms with Gasteiger partial charge in [-0.2, -0.15) is 0 Å². The SMILES string of the molecule is COc1ccc(CNc2cc(C(=O)Nc3cccc(C)c3C)ncn2)cc1OC. The molecule has 0 unspecified atom stereocenters. The number of rotatable bonds is 7. The van der Waals surface area contributed by atoms with Crippen molar-refractivity contribution in [1.29, 1.82) is 0 Å². The zero-order valence-electron chi connectivity index (χ0n) is 16.9. The number of hydrogen-bond acceptors (Lipinski definition) is 6. The van der Waals surface area contributed by atoms with Crippen LogP contribution in [0.1, 0.15) is 27.2 Å². The van der Waals surface area contributed by atoms with Crippen LogP contribution in [-0.2, 0) is 6.54 Å². The molecule has 0 saturated carbocycles. The van der Waals surface area contributed by atoms with Gasteiger partial charge in [-0.05, 0) is 48.7 Å². The maximum Gasteiger partial charge on any atom is 0.274 e. The van der Waals surface area contributed by atoms with Gasteiger partial charge in [0.2, 0.25) is 0 Å². The van der Waals surface area contributed by atoms with Crippen LogP contribution in [0.5, 0.6) is 11.5 Å². The Morgan fingerprint density at radius 1 is 1.00 bits per heavy atom. The average Bonchev–Trinajstić information content (AvgIpc) is 2.75. The van der Waals surface area contributed by atoms with Crippen molar-refractivity contribution in [2.24, 2.45) is 0 Å². The Morgan fingerprint density at radius 3 is 2.55 bits per heavy atom. The summed E-state index contributed by atoms with van der Waals surface area (Å²) in [4.78, 5) is 20.9. The Balaban J connectivity index is 1.69. The fourth-order valence-electron chi connectivity index (χ4n) is 2.83. The van der Waals surface area contributed by atoms with E-state index in [1.807, 2.05) is 50.2 Å². The van der Waals surface area contributed by atoms with Gasteiger partial charge in [0.25, 0.3) is 5.91 Å². The van der Waals surface area contributed by atoms with Crippen LogP contribution in [0, 0.1) is 13.8 Å². The second kappa shape index (κ2) is 9.05. The predicted octanol–water partition coefficient (Wildman–Crippen LogP) is 3.98. The summed E-state index contributed by atoms with van der Waals surface area (Å²) in [6, 6.07) is 13.1. The lowest BCUT2D eigenvalue weighted by molar-refractivity contribution is 0.102. The Morgan fingerprint density at radius 2 is 1.79 bits per heavy atom. The maximum atomic E-state index is 12.6. The number of anilines is 2. The molecule has 0 aliphatic rings. The highest BCUT2D eigenvalue weighted by Crippen LogP contribution is 2.27. The van der Waals surface area contributed by atoms with Gasteiger partial charge < -0.3 is 20.1 Å². The molecule has 0 aliphatic heterocycles. The van der Waals surface area contributed by atoms with Gasteiger partial charge in [0.15, 0.2) is 11.5 Å². The molecular formula is C22H24N4O3. The van der Waals surface area contributed by atoms with E-state index < -0.39 is 0 Å². The molecule has 2 N–H and O–H groups in total. The number of aryl methyl sites for hydroxylation is 1. The number of benzene rings is 2. The molecule has 0 spiro atoms. The van der Waals surface area contributed by atoms with E-state index in [1.165, 1.54) is 6.33 Å². The van der Waals surface area contributed by atoms with E-state index in [4.69, 9.17) is 9.47 Å². The molecule has 1 heterocycles.